The van der Waals surface area contributed by atoms with Gasteiger partial charge in [0.25, 0.3) is 0 Å². The van der Waals surface area contributed by atoms with E-state index in [1.165, 1.54) is 4.90 Å². The molecule has 0 unspecified atom stereocenters. The van der Waals surface area contributed by atoms with Gasteiger partial charge in [-0.15, -0.1) is 0 Å². The van der Waals surface area contributed by atoms with Crippen LogP contribution in [0.1, 0.15) is 70.6 Å². The minimum Gasteiger partial charge on any atom is -0.350 e. The summed E-state index contributed by atoms with van der Waals surface area (Å²) < 4.78 is 27.0. The summed E-state index contributed by atoms with van der Waals surface area (Å²) in [4.78, 5) is 28.6. The van der Waals surface area contributed by atoms with E-state index in [0.29, 0.717) is 12.1 Å². The third-order valence-electron chi connectivity index (χ3n) is 5.83. The predicted molar refractivity (Wildman–Crippen MR) is 146 cm³/mol. The summed E-state index contributed by atoms with van der Waals surface area (Å²) >= 11 is 0. The first-order chi connectivity index (χ1) is 16.6. The van der Waals surface area contributed by atoms with Gasteiger partial charge < -0.3 is 10.2 Å². The molecule has 0 bridgehead atoms. The van der Waals surface area contributed by atoms with Gasteiger partial charge in [-0.05, 0) is 57.2 Å². The minimum absolute atomic E-state index is 0.0601. The second-order valence-corrected chi connectivity index (χ2v) is 12.6. The number of aryl methyl sites for hydroxylation is 1. The van der Waals surface area contributed by atoms with Gasteiger partial charge in [0, 0.05) is 12.1 Å². The van der Waals surface area contributed by atoms with Crippen LogP contribution in [0.25, 0.3) is 0 Å². The number of hydrogen-bond donors (Lipinski definition) is 1. The Labute approximate surface area is 216 Å². The fourth-order valence-electron chi connectivity index (χ4n) is 4.18. The minimum atomic E-state index is -3.78. The average molecular weight is 516 g/mol. The second kappa shape index (κ2) is 11.9. The Bertz CT molecular complexity index is 1170. The van der Waals surface area contributed by atoms with Crippen molar-refractivity contribution in [1.29, 1.82) is 0 Å². The summed E-state index contributed by atoms with van der Waals surface area (Å²) in [6.07, 6.45) is 1.49. The number of benzene rings is 2. The number of carbonyl (C=O) groups is 2. The lowest BCUT2D eigenvalue weighted by molar-refractivity contribution is -0.141. The Balaban J connectivity index is 2.53. The van der Waals surface area contributed by atoms with Gasteiger partial charge in [0.15, 0.2) is 0 Å². The van der Waals surface area contributed by atoms with Crippen molar-refractivity contribution in [2.75, 3.05) is 17.1 Å². The molecular formula is C28H41N3O4S. The number of carbonyl (C=O) groups excluding carboxylic acids is 2. The topological polar surface area (TPSA) is 86.8 Å². The van der Waals surface area contributed by atoms with Crippen LogP contribution in [0.3, 0.4) is 0 Å². The molecule has 0 aliphatic carbocycles. The van der Waals surface area contributed by atoms with Gasteiger partial charge in [0.05, 0.1) is 11.9 Å². The van der Waals surface area contributed by atoms with Crippen LogP contribution in [0.2, 0.25) is 0 Å². The lowest BCUT2D eigenvalue weighted by Crippen LogP contribution is -2.55. The Morgan fingerprint density at radius 1 is 1.03 bits per heavy atom. The fraction of sp³-hybridized carbons (Fsp3) is 0.500. The van der Waals surface area contributed by atoms with Crippen LogP contribution in [-0.2, 0) is 26.2 Å². The zero-order chi connectivity index (χ0) is 27.3. The van der Waals surface area contributed by atoms with Crippen molar-refractivity contribution in [2.45, 2.75) is 78.9 Å². The molecule has 0 aliphatic heterocycles. The number of rotatable bonds is 10. The first-order valence-corrected chi connectivity index (χ1v) is 14.2. The van der Waals surface area contributed by atoms with Crippen molar-refractivity contribution in [2.24, 2.45) is 0 Å². The summed E-state index contributed by atoms with van der Waals surface area (Å²) in [5, 5.41) is 2.98. The van der Waals surface area contributed by atoms with Crippen LogP contribution in [0, 0.1) is 6.92 Å². The maximum atomic E-state index is 13.9. The Morgan fingerprint density at radius 2 is 1.67 bits per heavy atom. The number of nitrogens with zero attached hydrogens (tertiary/aromatic N) is 2. The molecule has 0 aliphatic rings. The summed E-state index contributed by atoms with van der Waals surface area (Å²) in [7, 11) is -3.78. The van der Waals surface area contributed by atoms with E-state index in [1.807, 2.05) is 84.9 Å². The van der Waals surface area contributed by atoms with Gasteiger partial charge in [-0.1, -0.05) is 68.8 Å². The second-order valence-electron chi connectivity index (χ2n) is 10.7. The molecule has 0 radical (unpaired) electrons. The molecule has 0 aromatic heterocycles. The van der Waals surface area contributed by atoms with E-state index in [-0.39, 0.29) is 18.4 Å². The molecule has 8 heteroatoms. The maximum absolute atomic E-state index is 13.9. The number of sulfonamides is 1. The van der Waals surface area contributed by atoms with E-state index in [0.717, 1.165) is 27.3 Å². The molecule has 2 rings (SSSR count). The van der Waals surface area contributed by atoms with Crippen molar-refractivity contribution in [3.63, 3.8) is 0 Å². The first-order valence-electron chi connectivity index (χ1n) is 12.4. The van der Waals surface area contributed by atoms with E-state index in [9.17, 15) is 18.0 Å². The van der Waals surface area contributed by atoms with Gasteiger partial charge in [-0.25, -0.2) is 8.42 Å². The van der Waals surface area contributed by atoms with Crippen molar-refractivity contribution in [3.05, 3.63) is 65.2 Å². The molecule has 0 saturated carbocycles. The van der Waals surface area contributed by atoms with Crippen LogP contribution >= 0.6 is 0 Å². The van der Waals surface area contributed by atoms with Crippen LogP contribution in [0.4, 0.5) is 5.69 Å². The highest BCUT2D eigenvalue weighted by molar-refractivity contribution is 7.92. The average Bonchev–Trinajstić information content (AvgIpc) is 2.75. The molecule has 36 heavy (non-hydrogen) atoms. The van der Waals surface area contributed by atoms with E-state index in [2.05, 4.69) is 5.32 Å². The quantitative estimate of drug-likeness (QED) is 0.501. The zero-order valence-electron chi connectivity index (χ0n) is 22.8. The third kappa shape index (κ3) is 8.08. The molecule has 2 aromatic carbocycles. The van der Waals surface area contributed by atoms with Gasteiger partial charge in [-0.3, -0.25) is 13.9 Å². The number of hydrogen-bond acceptors (Lipinski definition) is 4. The Kier molecular flexibility index (Phi) is 9.71. The summed E-state index contributed by atoms with van der Waals surface area (Å²) in [6, 6.07) is 14.2. The Morgan fingerprint density at radius 3 is 2.19 bits per heavy atom. The standard InChI is InChI=1S/C28H41N3O4S/c1-9-24(27(33)29-28(5,6)7)30(18-22-14-12-13-21(4)17-22)26(32)19-31(36(8,34)35)25-16-11-10-15-23(25)20(2)3/h10-17,20,24H,9,18-19H2,1-8H3,(H,29,33)/t24-/m1/s1. The highest BCUT2D eigenvalue weighted by atomic mass is 32.2. The number of para-hydroxylation sites is 1. The molecule has 0 fully saturated rings. The van der Waals surface area contributed by atoms with E-state index < -0.39 is 34.1 Å². The third-order valence-corrected chi connectivity index (χ3v) is 6.95. The maximum Gasteiger partial charge on any atom is 0.244 e. The molecule has 2 amide bonds. The molecule has 0 spiro atoms. The number of amides is 2. The van der Waals surface area contributed by atoms with Crippen LogP contribution in [0.15, 0.2) is 48.5 Å². The zero-order valence-corrected chi connectivity index (χ0v) is 23.6. The normalized spacial score (nSPS) is 12.8. The highest BCUT2D eigenvalue weighted by Crippen LogP contribution is 2.29. The van der Waals surface area contributed by atoms with Crippen LogP contribution in [0.5, 0.6) is 0 Å². The van der Waals surface area contributed by atoms with Gasteiger partial charge in [0.1, 0.15) is 12.6 Å². The highest BCUT2D eigenvalue weighted by Gasteiger charge is 2.33. The smallest absolute Gasteiger partial charge is 0.244 e. The molecule has 7 nitrogen and oxygen atoms in total. The van der Waals surface area contributed by atoms with Crippen molar-refractivity contribution < 1.29 is 18.0 Å². The predicted octanol–water partition coefficient (Wildman–Crippen LogP) is 4.61. The van der Waals surface area contributed by atoms with E-state index in [4.69, 9.17) is 0 Å². The number of nitrogens with one attached hydrogen (secondary N) is 1. The molecule has 1 atom stereocenters. The van der Waals surface area contributed by atoms with Crippen molar-refractivity contribution in [1.82, 2.24) is 10.2 Å². The molecule has 198 valence electrons. The van der Waals surface area contributed by atoms with Crippen LogP contribution < -0.4 is 9.62 Å². The number of anilines is 1. The van der Waals surface area contributed by atoms with Gasteiger partial charge >= 0.3 is 0 Å². The van der Waals surface area contributed by atoms with E-state index >= 15 is 0 Å². The molecule has 2 aromatic rings. The molecule has 0 heterocycles. The lowest BCUT2D eigenvalue weighted by atomic mass is 10.0. The summed E-state index contributed by atoms with van der Waals surface area (Å²) in [5.74, 6) is -0.638. The fourth-order valence-corrected chi connectivity index (χ4v) is 5.05. The Hall–Kier alpha value is -2.87. The van der Waals surface area contributed by atoms with Crippen LogP contribution in [-0.4, -0.2) is 49.5 Å². The van der Waals surface area contributed by atoms with Crippen molar-refractivity contribution in [3.8, 4) is 0 Å². The lowest BCUT2D eigenvalue weighted by Gasteiger charge is -2.35. The summed E-state index contributed by atoms with van der Waals surface area (Å²) in [6.45, 7) is 13.2. The molecule has 0 saturated heterocycles. The van der Waals surface area contributed by atoms with Crippen molar-refractivity contribution >= 4 is 27.5 Å². The first kappa shape index (κ1) is 29.4. The SMILES string of the molecule is CC[C@H](C(=O)NC(C)(C)C)N(Cc1cccc(C)c1)C(=O)CN(c1ccccc1C(C)C)S(C)(=O)=O. The van der Waals surface area contributed by atoms with Gasteiger partial charge in [-0.2, -0.15) is 0 Å². The molecular weight excluding hydrogens is 474 g/mol. The van der Waals surface area contributed by atoms with E-state index in [1.54, 1.807) is 12.1 Å². The molecule has 1 N–H and O–H groups in total. The summed E-state index contributed by atoms with van der Waals surface area (Å²) in [5.41, 5.74) is 2.75. The monoisotopic (exact) mass is 515 g/mol. The van der Waals surface area contributed by atoms with Gasteiger partial charge in [0.2, 0.25) is 21.8 Å². The largest absolute Gasteiger partial charge is 0.350 e.